The number of hydrogen-bond acceptors (Lipinski definition) is 4. The smallest absolute Gasteiger partial charge is 0.253 e. The van der Waals surface area contributed by atoms with Crippen molar-refractivity contribution in [2.45, 2.75) is 18.9 Å². The number of nitrogens with zero attached hydrogens (tertiary/aromatic N) is 4. The van der Waals surface area contributed by atoms with Crippen molar-refractivity contribution in [2.75, 3.05) is 25.0 Å². The van der Waals surface area contributed by atoms with Gasteiger partial charge in [0.15, 0.2) is 0 Å². The van der Waals surface area contributed by atoms with Crippen molar-refractivity contribution in [3.05, 3.63) is 53.4 Å². The van der Waals surface area contributed by atoms with Crippen molar-refractivity contribution < 1.29 is 4.79 Å². The minimum Gasteiger partial charge on any atom is -0.356 e. The minimum atomic E-state index is 0.0674. The van der Waals surface area contributed by atoms with Crippen LogP contribution in [0.15, 0.2) is 42.9 Å². The number of likely N-dealkylation sites (tertiary alicyclic amines) is 1. The van der Waals surface area contributed by atoms with E-state index in [0.29, 0.717) is 16.6 Å². The maximum Gasteiger partial charge on any atom is 0.253 e. The quantitative estimate of drug-likeness (QED) is 0.768. The van der Waals surface area contributed by atoms with Crippen molar-refractivity contribution in [1.29, 1.82) is 0 Å². The molecule has 0 unspecified atom stereocenters. The molecule has 6 nitrogen and oxygen atoms in total. The summed E-state index contributed by atoms with van der Waals surface area (Å²) in [4.78, 5) is 28.6. The SMILES string of the molecule is CN(c1ncnc2[nH]ccc12)C1CCN(C(=O)c2ccc(Cl)cc2)CC1. The number of amides is 1. The van der Waals surface area contributed by atoms with Gasteiger partial charge in [-0.1, -0.05) is 11.6 Å². The lowest BCUT2D eigenvalue weighted by atomic mass is 10.0. The van der Waals surface area contributed by atoms with E-state index in [4.69, 9.17) is 11.6 Å². The van der Waals surface area contributed by atoms with Crippen LogP contribution in [-0.2, 0) is 0 Å². The standard InChI is InChI=1S/C19H20ClN5O/c1-24(18-16-6-9-21-17(16)22-12-23-18)15-7-10-25(11-8-15)19(26)13-2-4-14(20)5-3-13/h2-6,9,12,15H,7-8,10-11H2,1H3,(H,21,22,23). The van der Waals surface area contributed by atoms with Crippen molar-refractivity contribution in [3.8, 4) is 0 Å². The first-order valence-corrected chi connectivity index (χ1v) is 9.07. The number of aromatic nitrogens is 3. The lowest BCUT2D eigenvalue weighted by molar-refractivity contribution is 0.0713. The largest absolute Gasteiger partial charge is 0.356 e. The van der Waals surface area contributed by atoms with Crippen LogP contribution in [0.25, 0.3) is 11.0 Å². The zero-order valence-corrected chi connectivity index (χ0v) is 15.3. The molecule has 1 aliphatic heterocycles. The fraction of sp³-hybridized carbons (Fsp3) is 0.316. The van der Waals surface area contributed by atoms with Crippen LogP contribution in [0.2, 0.25) is 5.02 Å². The summed E-state index contributed by atoms with van der Waals surface area (Å²) in [5.74, 6) is 0.997. The highest BCUT2D eigenvalue weighted by atomic mass is 35.5. The first-order chi connectivity index (χ1) is 12.6. The van der Waals surface area contributed by atoms with E-state index in [9.17, 15) is 4.79 Å². The van der Waals surface area contributed by atoms with Crippen molar-refractivity contribution in [1.82, 2.24) is 19.9 Å². The van der Waals surface area contributed by atoms with E-state index in [1.54, 1.807) is 30.6 Å². The predicted molar refractivity (Wildman–Crippen MR) is 103 cm³/mol. The van der Waals surface area contributed by atoms with Crippen LogP contribution >= 0.6 is 11.6 Å². The maximum atomic E-state index is 12.6. The molecule has 2 aromatic heterocycles. The van der Waals surface area contributed by atoms with Crippen LogP contribution in [0.4, 0.5) is 5.82 Å². The number of piperidine rings is 1. The normalized spacial score (nSPS) is 15.4. The molecule has 1 amide bonds. The number of hydrogen-bond donors (Lipinski definition) is 1. The molecule has 4 rings (SSSR count). The highest BCUT2D eigenvalue weighted by Gasteiger charge is 2.27. The Morgan fingerprint density at radius 2 is 1.92 bits per heavy atom. The van der Waals surface area contributed by atoms with Crippen LogP contribution < -0.4 is 4.90 Å². The third-order valence-corrected chi connectivity index (χ3v) is 5.31. The molecule has 1 fully saturated rings. The lowest BCUT2D eigenvalue weighted by Crippen LogP contribution is -2.46. The molecule has 1 N–H and O–H groups in total. The third kappa shape index (κ3) is 3.12. The predicted octanol–water partition coefficient (Wildman–Crippen LogP) is 3.35. The molecule has 0 radical (unpaired) electrons. The molecule has 1 aromatic carbocycles. The summed E-state index contributed by atoms with van der Waals surface area (Å²) in [6.07, 6.45) is 5.28. The van der Waals surface area contributed by atoms with Gasteiger partial charge in [0.1, 0.15) is 17.8 Å². The van der Waals surface area contributed by atoms with Crippen LogP contribution in [0.1, 0.15) is 23.2 Å². The van der Waals surface area contributed by atoms with Gasteiger partial charge in [0.05, 0.1) is 5.39 Å². The average molecular weight is 370 g/mol. The number of carbonyl (C=O) groups is 1. The van der Waals surface area contributed by atoms with Gasteiger partial charge >= 0.3 is 0 Å². The summed E-state index contributed by atoms with van der Waals surface area (Å²) in [7, 11) is 2.07. The van der Waals surface area contributed by atoms with E-state index in [-0.39, 0.29) is 5.91 Å². The Balaban J connectivity index is 1.44. The average Bonchev–Trinajstić information content (AvgIpc) is 3.16. The number of aromatic amines is 1. The molecule has 0 saturated carbocycles. The first kappa shape index (κ1) is 16.8. The molecule has 134 valence electrons. The molecule has 0 aliphatic carbocycles. The van der Waals surface area contributed by atoms with Crippen LogP contribution in [0.3, 0.4) is 0 Å². The number of fused-ring (bicyclic) bond motifs is 1. The van der Waals surface area contributed by atoms with Gasteiger partial charge in [-0.3, -0.25) is 4.79 Å². The second kappa shape index (κ2) is 6.96. The van der Waals surface area contributed by atoms with E-state index in [0.717, 1.165) is 42.8 Å². The molecular weight excluding hydrogens is 350 g/mol. The summed E-state index contributed by atoms with van der Waals surface area (Å²) in [5, 5.41) is 1.66. The molecule has 1 saturated heterocycles. The number of anilines is 1. The first-order valence-electron chi connectivity index (χ1n) is 8.69. The Bertz CT molecular complexity index is 915. The van der Waals surface area contributed by atoms with E-state index in [2.05, 4.69) is 26.9 Å². The Hall–Kier alpha value is -2.60. The van der Waals surface area contributed by atoms with Crippen molar-refractivity contribution >= 4 is 34.4 Å². The molecule has 7 heteroatoms. The van der Waals surface area contributed by atoms with Gasteiger partial charge in [0.25, 0.3) is 5.91 Å². The topological polar surface area (TPSA) is 65.1 Å². The van der Waals surface area contributed by atoms with Crippen LogP contribution in [0, 0.1) is 0 Å². The van der Waals surface area contributed by atoms with Gasteiger partial charge < -0.3 is 14.8 Å². The Labute approximate surface area is 156 Å². The number of carbonyl (C=O) groups excluding carboxylic acids is 1. The zero-order valence-electron chi connectivity index (χ0n) is 14.5. The molecule has 0 bridgehead atoms. The van der Waals surface area contributed by atoms with E-state index in [1.165, 1.54) is 0 Å². The molecule has 3 aromatic rings. The summed E-state index contributed by atoms with van der Waals surface area (Å²) in [6.45, 7) is 1.47. The lowest BCUT2D eigenvalue weighted by Gasteiger charge is -2.37. The molecule has 1 aliphatic rings. The van der Waals surface area contributed by atoms with Crippen LogP contribution in [-0.4, -0.2) is 51.9 Å². The van der Waals surface area contributed by atoms with Gasteiger partial charge in [-0.25, -0.2) is 9.97 Å². The second-order valence-corrected chi connectivity index (χ2v) is 7.01. The molecular formula is C19H20ClN5O. The number of rotatable bonds is 3. The maximum absolute atomic E-state index is 12.6. The van der Waals surface area contributed by atoms with E-state index in [1.807, 2.05) is 17.2 Å². The molecule has 3 heterocycles. The fourth-order valence-electron chi connectivity index (χ4n) is 3.54. The van der Waals surface area contributed by atoms with Crippen molar-refractivity contribution in [2.24, 2.45) is 0 Å². The third-order valence-electron chi connectivity index (χ3n) is 5.06. The zero-order chi connectivity index (χ0) is 18.1. The van der Waals surface area contributed by atoms with E-state index >= 15 is 0 Å². The van der Waals surface area contributed by atoms with Gasteiger partial charge in [0.2, 0.25) is 0 Å². The summed E-state index contributed by atoms with van der Waals surface area (Å²) in [6, 6.07) is 9.43. The van der Waals surface area contributed by atoms with Crippen LogP contribution in [0.5, 0.6) is 0 Å². The number of H-pyrrole nitrogens is 1. The highest BCUT2D eigenvalue weighted by molar-refractivity contribution is 6.30. The molecule has 0 atom stereocenters. The fourth-order valence-corrected chi connectivity index (χ4v) is 3.67. The van der Waals surface area contributed by atoms with Crippen molar-refractivity contribution in [3.63, 3.8) is 0 Å². The minimum absolute atomic E-state index is 0.0674. The summed E-state index contributed by atoms with van der Waals surface area (Å²) < 4.78 is 0. The summed E-state index contributed by atoms with van der Waals surface area (Å²) in [5.41, 5.74) is 1.53. The number of halogens is 1. The number of nitrogens with one attached hydrogen (secondary N) is 1. The van der Waals surface area contributed by atoms with E-state index < -0.39 is 0 Å². The van der Waals surface area contributed by atoms with Gasteiger partial charge in [0, 0.05) is 43.0 Å². The van der Waals surface area contributed by atoms with Gasteiger partial charge in [-0.05, 0) is 43.2 Å². The van der Waals surface area contributed by atoms with Gasteiger partial charge in [-0.2, -0.15) is 0 Å². The molecule has 26 heavy (non-hydrogen) atoms. The second-order valence-electron chi connectivity index (χ2n) is 6.58. The van der Waals surface area contributed by atoms with Gasteiger partial charge in [-0.15, -0.1) is 0 Å². The highest BCUT2D eigenvalue weighted by Crippen LogP contribution is 2.26. The molecule has 0 spiro atoms. The Morgan fingerprint density at radius 3 is 2.65 bits per heavy atom. The monoisotopic (exact) mass is 369 g/mol. The summed E-state index contributed by atoms with van der Waals surface area (Å²) >= 11 is 5.90. The Kier molecular flexibility index (Phi) is 4.51. The Morgan fingerprint density at radius 1 is 1.19 bits per heavy atom. The number of benzene rings is 1.